The van der Waals surface area contributed by atoms with Crippen LogP contribution in [0.15, 0.2) is 67.1 Å². The Kier molecular flexibility index (Phi) is 5.23. The van der Waals surface area contributed by atoms with Gasteiger partial charge in [-0.2, -0.15) is 9.61 Å². The van der Waals surface area contributed by atoms with E-state index in [9.17, 15) is 0 Å². The van der Waals surface area contributed by atoms with Gasteiger partial charge in [0.1, 0.15) is 19.5 Å². The molecule has 0 amide bonds. The average molecular weight is 370 g/mol. The third kappa shape index (κ3) is 3.98. The molecular formula is C21H23BN6. The van der Waals surface area contributed by atoms with Crippen LogP contribution in [0.4, 0.5) is 11.6 Å². The molecule has 140 valence electrons. The van der Waals surface area contributed by atoms with Gasteiger partial charge in [-0.3, -0.25) is 4.98 Å². The highest BCUT2D eigenvalue weighted by atomic mass is 15.3. The highest BCUT2D eigenvalue weighted by Gasteiger charge is 2.11. The maximum absolute atomic E-state index is 4.75. The summed E-state index contributed by atoms with van der Waals surface area (Å²) in [5.41, 5.74) is 4.32. The number of fused-ring (bicyclic) bond motifs is 1. The van der Waals surface area contributed by atoms with Gasteiger partial charge in [0.15, 0.2) is 5.65 Å². The summed E-state index contributed by atoms with van der Waals surface area (Å²) in [5.74, 6) is 2.13. The maximum Gasteiger partial charge on any atom is 0.153 e. The van der Waals surface area contributed by atoms with E-state index in [1.54, 1.807) is 6.20 Å². The molecule has 4 rings (SSSR count). The van der Waals surface area contributed by atoms with Crippen molar-refractivity contribution in [2.24, 2.45) is 0 Å². The largest absolute Gasteiger partial charge is 0.369 e. The van der Waals surface area contributed by atoms with Crippen molar-refractivity contribution in [2.45, 2.75) is 19.4 Å². The predicted octanol–water partition coefficient (Wildman–Crippen LogP) is 2.21. The molecule has 1 atom stereocenters. The molecule has 0 fully saturated rings. The Bertz CT molecular complexity index is 1050. The highest BCUT2D eigenvalue weighted by Crippen LogP contribution is 2.19. The molecule has 4 aromatic rings. The molecule has 3 heterocycles. The van der Waals surface area contributed by atoms with Gasteiger partial charge in [0.25, 0.3) is 0 Å². The number of nitrogens with zero attached hydrogens (tertiary/aromatic N) is 4. The SMILES string of the molecule is Bc1cnn2c(NCc3cccnc3)cc(NCC(C)c3ccccc3)nc12. The topological polar surface area (TPSA) is 67.1 Å². The van der Waals surface area contributed by atoms with E-state index in [-0.39, 0.29) is 0 Å². The van der Waals surface area contributed by atoms with Crippen molar-refractivity contribution in [1.82, 2.24) is 19.6 Å². The first kappa shape index (κ1) is 18.0. The van der Waals surface area contributed by atoms with Crippen molar-refractivity contribution in [1.29, 1.82) is 0 Å². The van der Waals surface area contributed by atoms with E-state index in [1.165, 1.54) is 5.56 Å². The van der Waals surface area contributed by atoms with Gasteiger partial charge in [-0.25, -0.2) is 4.98 Å². The van der Waals surface area contributed by atoms with Crippen molar-refractivity contribution in [2.75, 3.05) is 17.2 Å². The molecule has 2 N–H and O–H groups in total. The molecule has 0 aliphatic rings. The molecular weight excluding hydrogens is 347 g/mol. The van der Waals surface area contributed by atoms with E-state index in [0.717, 1.165) is 34.9 Å². The number of benzene rings is 1. The van der Waals surface area contributed by atoms with E-state index < -0.39 is 0 Å². The summed E-state index contributed by atoms with van der Waals surface area (Å²) < 4.78 is 1.84. The first-order valence-corrected chi connectivity index (χ1v) is 9.47. The molecule has 0 spiro atoms. The van der Waals surface area contributed by atoms with Crippen molar-refractivity contribution < 1.29 is 0 Å². The summed E-state index contributed by atoms with van der Waals surface area (Å²) in [6.07, 6.45) is 5.48. The van der Waals surface area contributed by atoms with Crippen LogP contribution >= 0.6 is 0 Å². The third-order valence-electron chi connectivity index (χ3n) is 4.80. The highest BCUT2D eigenvalue weighted by molar-refractivity contribution is 6.36. The number of nitrogens with one attached hydrogen (secondary N) is 2. The molecule has 0 saturated heterocycles. The summed E-state index contributed by atoms with van der Waals surface area (Å²) in [6.45, 7) is 3.70. The lowest BCUT2D eigenvalue weighted by Crippen LogP contribution is -2.14. The molecule has 0 saturated carbocycles. The van der Waals surface area contributed by atoms with Crippen molar-refractivity contribution in [3.63, 3.8) is 0 Å². The molecule has 0 radical (unpaired) electrons. The Morgan fingerprint density at radius 3 is 2.71 bits per heavy atom. The minimum absolute atomic E-state index is 0.386. The first-order chi connectivity index (χ1) is 13.7. The van der Waals surface area contributed by atoms with Crippen LogP contribution in [0, 0.1) is 0 Å². The first-order valence-electron chi connectivity index (χ1n) is 9.47. The van der Waals surface area contributed by atoms with Gasteiger partial charge in [-0.05, 0) is 28.6 Å². The number of hydrogen-bond donors (Lipinski definition) is 2. The van der Waals surface area contributed by atoms with Gasteiger partial charge in [-0.15, -0.1) is 0 Å². The Labute approximate surface area is 165 Å². The Morgan fingerprint density at radius 1 is 1.07 bits per heavy atom. The van der Waals surface area contributed by atoms with Crippen molar-refractivity contribution >= 4 is 30.6 Å². The Morgan fingerprint density at radius 2 is 1.93 bits per heavy atom. The molecule has 0 aliphatic carbocycles. The van der Waals surface area contributed by atoms with Gasteiger partial charge < -0.3 is 10.6 Å². The fraction of sp³-hybridized carbons (Fsp3) is 0.190. The Hall–Kier alpha value is -3.35. The minimum Gasteiger partial charge on any atom is -0.369 e. The zero-order valence-corrected chi connectivity index (χ0v) is 16.1. The van der Waals surface area contributed by atoms with Crippen molar-refractivity contribution in [3.8, 4) is 0 Å². The average Bonchev–Trinajstić information content (AvgIpc) is 3.12. The molecule has 1 unspecified atom stereocenters. The second kappa shape index (κ2) is 8.13. The van der Waals surface area contributed by atoms with E-state index >= 15 is 0 Å². The quantitative estimate of drug-likeness (QED) is 0.489. The van der Waals surface area contributed by atoms with Crippen LogP contribution < -0.4 is 16.1 Å². The normalized spacial score (nSPS) is 12.0. The van der Waals surface area contributed by atoms with Crippen molar-refractivity contribution in [3.05, 3.63) is 78.2 Å². The van der Waals surface area contributed by atoms with Crippen LogP contribution in [0.3, 0.4) is 0 Å². The van der Waals surface area contributed by atoms with E-state index in [2.05, 4.69) is 51.9 Å². The lowest BCUT2D eigenvalue weighted by atomic mass is 10.0. The van der Waals surface area contributed by atoms with E-state index in [0.29, 0.717) is 12.5 Å². The molecule has 3 aromatic heterocycles. The molecule has 28 heavy (non-hydrogen) atoms. The number of aromatic nitrogens is 4. The van der Waals surface area contributed by atoms with Gasteiger partial charge in [0.2, 0.25) is 0 Å². The van der Waals surface area contributed by atoms with Crippen LogP contribution in [-0.2, 0) is 6.54 Å². The van der Waals surface area contributed by atoms with Crippen LogP contribution in [-0.4, -0.2) is 34.0 Å². The molecule has 7 heteroatoms. The monoisotopic (exact) mass is 370 g/mol. The smallest absolute Gasteiger partial charge is 0.153 e. The molecule has 0 bridgehead atoms. The summed E-state index contributed by atoms with van der Waals surface area (Å²) in [4.78, 5) is 8.92. The lowest BCUT2D eigenvalue weighted by molar-refractivity contribution is 0.800. The molecule has 0 aliphatic heterocycles. The van der Waals surface area contributed by atoms with Crippen LogP contribution in [0.1, 0.15) is 24.0 Å². The van der Waals surface area contributed by atoms with E-state index in [1.807, 2.05) is 49.0 Å². The fourth-order valence-corrected chi connectivity index (χ4v) is 3.14. The lowest BCUT2D eigenvalue weighted by Gasteiger charge is -2.15. The van der Waals surface area contributed by atoms with Gasteiger partial charge in [0.05, 0.1) is 0 Å². The molecule has 6 nitrogen and oxygen atoms in total. The van der Waals surface area contributed by atoms with Gasteiger partial charge in [-0.1, -0.05) is 43.3 Å². The van der Waals surface area contributed by atoms with Gasteiger partial charge in [0, 0.05) is 37.7 Å². The minimum atomic E-state index is 0.386. The second-order valence-corrected chi connectivity index (χ2v) is 7.00. The second-order valence-electron chi connectivity index (χ2n) is 7.00. The number of hydrogen-bond acceptors (Lipinski definition) is 5. The number of pyridine rings is 1. The third-order valence-corrected chi connectivity index (χ3v) is 4.80. The molecule has 1 aromatic carbocycles. The zero-order valence-electron chi connectivity index (χ0n) is 16.1. The predicted molar refractivity (Wildman–Crippen MR) is 116 cm³/mol. The fourth-order valence-electron chi connectivity index (χ4n) is 3.14. The Balaban J connectivity index is 1.54. The summed E-state index contributed by atoms with van der Waals surface area (Å²) >= 11 is 0. The maximum atomic E-state index is 4.75. The number of anilines is 2. The summed E-state index contributed by atoms with van der Waals surface area (Å²) in [6, 6.07) is 16.5. The van der Waals surface area contributed by atoms with Gasteiger partial charge >= 0.3 is 0 Å². The van der Waals surface area contributed by atoms with Crippen LogP contribution in [0.5, 0.6) is 0 Å². The standard InChI is InChI=1S/C21H23BN6/c1-15(17-7-3-2-4-8-17)11-24-19-10-20(25-13-16-6-5-9-23-12-16)28-21(27-19)18(22)14-26-28/h2-10,12,14-15,25H,11,13,22H2,1H3,(H,24,27). The number of rotatable bonds is 7. The van der Waals surface area contributed by atoms with Crippen LogP contribution in [0.2, 0.25) is 0 Å². The zero-order chi connectivity index (χ0) is 19.3. The summed E-state index contributed by atoms with van der Waals surface area (Å²) in [5, 5.41) is 11.4. The van der Waals surface area contributed by atoms with E-state index in [4.69, 9.17) is 4.98 Å². The summed E-state index contributed by atoms with van der Waals surface area (Å²) in [7, 11) is 2.02. The van der Waals surface area contributed by atoms with Crippen LogP contribution in [0.25, 0.3) is 5.65 Å².